The highest BCUT2D eigenvalue weighted by atomic mass is 16.4. The molecule has 0 aliphatic carbocycles. The van der Waals surface area contributed by atoms with Gasteiger partial charge in [-0.1, -0.05) is 6.07 Å². The lowest BCUT2D eigenvalue weighted by Crippen LogP contribution is -2.07. The summed E-state index contributed by atoms with van der Waals surface area (Å²) in [5.41, 5.74) is 8.77. The first kappa shape index (κ1) is 12.9. The van der Waals surface area contributed by atoms with Crippen molar-refractivity contribution in [3.8, 4) is 0 Å². The number of aromatic nitrogens is 2. The van der Waals surface area contributed by atoms with Crippen LogP contribution in [0.1, 0.15) is 21.6 Å². The molecule has 4 N–H and O–H groups in total. The van der Waals surface area contributed by atoms with Gasteiger partial charge in [-0.25, -0.2) is 4.79 Å². The van der Waals surface area contributed by atoms with Crippen molar-refractivity contribution in [2.45, 2.75) is 13.5 Å². The molecular weight excluding hydrogens is 244 g/mol. The lowest BCUT2D eigenvalue weighted by molar-refractivity contribution is 0.0698. The smallest absolute Gasteiger partial charge is 0.337 e. The third-order valence-electron chi connectivity index (χ3n) is 2.92. The number of nitrogens with one attached hydrogen (secondary N) is 1. The normalized spacial score (nSPS) is 10.4. The molecule has 0 unspecified atom stereocenters. The first-order chi connectivity index (χ1) is 8.99. The molecule has 2 aromatic rings. The van der Waals surface area contributed by atoms with E-state index in [-0.39, 0.29) is 11.3 Å². The number of carboxylic acid groups (broad SMARTS) is 1. The molecule has 0 fully saturated rings. The number of nitrogen functional groups attached to an aromatic ring is 1. The first-order valence-electron chi connectivity index (χ1n) is 5.84. The van der Waals surface area contributed by atoms with Crippen molar-refractivity contribution in [2.24, 2.45) is 7.05 Å². The molecule has 1 aromatic heterocycles. The molecule has 0 saturated carbocycles. The zero-order chi connectivity index (χ0) is 14.0. The van der Waals surface area contributed by atoms with Crippen molar-refractivity contribution < 1.29 is 9.90 Å². The fourth-order valence-corrected chi connectivity index (χ4v) is 1.92. The zero-order valence-corrected chi connectivity index (χ0v) is 10.8. The van der Waals surface area contributed by atoms with Gasteiger partial charge in [0.25, 0.3) is 0 Å². The maximum Gasteiger partial charge on any atom is 0.337 e. The van der Waals surface area contributed by atoms with Crippen LogP contribution in [0.5, 0.6) is 0 Å². The minimum absolute atomic E-state index is 0.105. The molecule has 19 heavy (non-hydrogen) atoms. The van der Waals surface area contributed by atoms with E-state index in [1.165, 1.54) is 6.07 Å². The quantitative estimate of drug-likeness (QED) is 0.726. The Morgan fingerprint density at radius 3 is 2.84 bits per heavy atom. The summed E-state index contributed by atoms with van der Waals surface area (Å²) in [6.07, 6.45) is 1.92. The molecule has 6 heteroatoms. The van der Waals surface area contributed by atoms with Gasteiger partial charge in [0.2, 0.25) is 0 Å². The Balaban J connectivity index is 2.18. The highest BCUT2D eigenvalue weighted by Gasteiger charge is 2.11. The lowest BCUT2D eigenvalue weighted by atomic mass is 10.1. The number of hydrogen-bond acceptors (Lipinski definition) is 4. The summed E-state index contributed by atoms with van der Waals surface area (Å²) in [4.78, 5) is 11.0. The Labute approximate surface area is 110 Å². The van der Waals surface area contributed by atoms with Gasteiger partial charge >= 0.3 is 5.97 Å². The Bertz CT molecular complexity index is 619. The van der Waals surface area contributed by atoms with Crippen LogP contribution >= 0.6 is 0 Å². The molecule has 2 rings (SSSR count). The van der Waals surface area contributed by atoms with Crippen molar-refractivity contribution in [3.63, 3.8) is 0 Å². The Morgan fingerprint density at radius 1 is 1.53 bits per heavy atom. The van der Waals surface area contributed by atoms with E-state index >= 15 is 0 Å². The van der Waals surface area contributed by atoms with Crippen LogP contribution in [0.25, 0.3) is 0 Å². The van der Waals surface area contributed by atoms with Crippen LogP contribution in [0.2, 0.25) is 0 Å². The number of rotatable bonds is 4. The zero-order valence-electron chi connectivity index (χ0n) is 10.8. The van der Waals surface area contributed by atoms with E-state index in [1.807, 2.05) is 20.2 Å². The van der Waals surface area contributed by atoms with Gasteiger partial charge in [0.05, 0.1) is 22.6 Å². The molecule has 0 spiro atoms. The average molecular weight is 260 g/mol. The minimum atomic E-state index is -1.03. The van der Waals surface area contributed by atoms with E-state index in [9.17, 15) is 4.79 Å². The van der Waals surface area contributed by atoms with Crippen LogP contribution in [0.15, 0.2) is 24.4 Å². The van der Waals surface area contributed by atoms with Crippen molar-refractivity contribution in [1.29, 1.82) is 0 Å². The van der Waals surface area contributed by atoms with Gasteiger partial charge in [0.1, 0.15) is 0 Å². The number of anilines is 2. The van der Waals surface area contributed by atoms with E-state index in [2.05, 4.69) is 10.4 Å². The number of hydrogen-bond donors (Lipinski definition) is 3. The fraction of sp³-hybridized carbons (Fsp3) is 0.231. The summed E-state index contributed by atoms with van der Waals surface area (Å²) in [7, 11) is 1.86. The molecule has 6 nitrogen and oxygen atoms in total. The average Bonchev–Trinajstić information content (AvgIpc) is 2.66. The molecule has 1 heterocycles. The summed E-state index contributed by atoms with van der Waals surface area (Å²) in [5, 5.41) is 16.4. The second kappa shape index (κ2) is 5.01. The van der Waals surface area contributed by atoms with Gasteiger partial charge < -0.3 is 16.2 Å². The van der Waals surface area contributed by atoms with Crippen molar-refractivity contribution >= 4 is 17.3 Å². The van der Waals surface area contributed by atoms with Gasteiger partial charge in [-0.05, 0) is 19.1 Å². The summed E-state index contributed by atoms with van der Waals surface area (Å²) in [6.45, 7) is 2.47. The lowest BCUT2D eigenvalue weighted by Gasteiger charge is -2.10. The molecule has 1 aromatic carbocycles. The van der Waals surface area contributed by atoms with Crippen molar-refractivity contribution in [1.82, 2.24) is 9.78 Å². The third kappa shape index (κ3) is 2.67. The largest absolute Gasteiger partial charge is 0.478 e. The molecular formula is C13H16N4O2. The number of aromatic carboxylic acids is 1. The van der Waals surface area contributed by atoms with Crippen LogP contribution in [0, 0.1) is 6.92 Å². The van der Waals surface area contributed by atoms with Crippen LogP contribution in [0.4, 0.5) is 11.4 Å². The van der Waals surface area contributed by atoms with Gasteiger partial charge in [-0.15, -0.1) is 0 Å². The highest BCUT2D eigenvalue weighted by molar-refractivity contribution is 5.97. The molecule has 0 radical (unpaired) electrons. The van der Waals surface area contributed by atoms with Crippen molar-refractivity contribution in [3.05, 3.63) is 41.2 Å². The predicted octanol–water partition coefficient (Wildman–Crippen LogP) is 1.62. The monoisotopic (exact) mass is 260 g/mol. The Morgan fingerprint density at radius 2 is 2.26 bits per heavy atom. The van der Waals surface area contributed by atoms with Gasteiger partial charge in [0.15, 0.2) is 0 Å². The van der Waals surface area contributed by atoms with E-state index in [0.717, 1.165) is 11.3 Å². The van der Waals surface area contributed by atoms with Crippen LogP contribution < -0.4 is 11.1 Å². The number of aryl methyl sites for hydroxylation is 2. The van der Waals surface area contributed by atoms with Crippen LogP contribution in [-0.4, -0.2) is 20.9 Å². The summed E-state index contributed by atoms with van der Waals surface area (Å²) in [6, 6.07) is 4.91. The first-order valence-corrected chi connectivity index (χ1v) is 5.84. The molecule has 0 atom stereocenters. The second-order valence-corrected chi connectivity index (χ2v) is 4.34. The molecule has 0 bridgehead atoms. The predicted molar refractivity (Wildman–Crippen MR) is 73.1 cm³/mol. The van der Waals surface area contributed by atoms with Gasteiger partial charge in [0, 0.05) is 25.4 Å². The van der Waals surface area contributed by atoms with E-state index in [4.69, 9.17) is 10.8 Å². The summed E-state index contributed by atoms with van der Waals surface area (Å²) in [5.74, 6) is -1.03. The fourth-order valence-electron chi connectivity index (χ4n) is 1.92. The van der Waals surface area contributed by atoms with E-state index in [1.54, 1.807) is 16.8 Å². The molecule has 100 valence electrons. The maximum absolute atomic E-state index is 11.0. The molecule has 0 amide bonds. The van der Waals surface area contributed by atoms with Gasteiger partial charge in [-0.2, -0.15) is 5.10 Å². The minimum Gasteiger partial charge on any atom is -0.478 e. The number of benzene rings is 1. The van der Waals surface area contributed by atoms with E-state index < -0.39 is 5.97 Å². The van der Waals surface area contributed by atoms with Crippen molar-refractivity contribution in [2.75, 3.05) is 11.1 Å². The summed E-state index contributed by atoms with van der Waals surface area (Å²) < 4.78 is 1.74. The Hall–Kier alpha value is -2.50. The standard InChI is InChI=1S/C13H16N4O2/c1-8-9(7-17(2)16-8)6-15-11-5-3-4-10(12(11)14)13(18)19/h3-5,7,15H,6,14H2,1-2H3,(H,18,19). The Kier molecular flexibility index (Phi) is 3.41. The third-order valence-corrected chi connectivity index (χ3v) is 2.92. The topological polar surface area (TPSA) is 93.2 Å². The number of carboxylic acids is 1. The highest BCUT2D eigenvalue weighted by Crippen LogP contribution is 2.23. The summed E-state index contributed by atoms with van der Waals surface area (Å²) >= 11 is 0. The second-order valence-electron chi connectivity index (χ2n) is 4.34. The molecule has 0 saturated heterocycles. The number of nitrogens with zero attached hydrogens (tertiary/aromatic N) is 2. The SMILES string of the molecule is Cc1nn(C)cc1CNc1cccc(C(=O)O)c1N. The maximum atomic E-state index is 11.0. The van der Waals surface area contributed by atoms with E-state index in [0.29, 0.717) is 12.2 Å². The number of carbonyl (C=O) groups is 1. The number of nitrogens with two attached hydrogens (primary N) is 1. The van der Waals surface area contributed by atoms with Gasteiger partial charge in [-0.3, -0.25) is 4.68 Å². The number of para-hydroxylation sites is 1. The van der Waals surface area contributed by atoms with Crippen LogP contribution in [0.3, 0.4) is 0 Å². The van der Waals surface area contributed by atoms with Crippen LogP contribution in [-0.2, 0) is 13.6 Å². The molecule has 0 aliphatic heterocycles. The molecule has 0 aliphatic rings.